The minimum atomic E-state index is -0.584. The van der Waals surface area contributed by atoms with E-state index in [2.05, 4.69) is 0 Å². The summed E-state index contributed by atoms with van der Waals surface area (Å²) < 4.78 is 2.24. The molecule has 0 aliphatic rings. The molecule has 0 N–H and O–H groups in total. The van der Waals surface area contributed by atoms with Gasteiger partial charge in [0.25, 0.3) is 5.56 Å². The van der Waals surface area contributed by atoms with Gasteiger partial charge in [0.2, 0.25) is 0 Å². The topological polar surface area (TPSA) is 61.1 Å². The van der Waals surface area contributed by atoms with Crippen LogP contribution in [0.1, 0.15) is 28.4 Å². The van der Waals surface area contributed by atoms with E-state index in [9.17, 15) is 14.4 Å². The Morgan fingerprint density at radius 1 is 1.29 bits per heavy atom. The Kier molecular flexibility index (Phi) is 4.14. The van der Waals surface area contributed by atoms with Crippen molar-refractivity contribution in [2.24, 2.45) is 7.05 Å². The fourth-order valence-corrected chi connectivity index (χ4v) is 2.34. The number of nitrogens with zero attached hydrogens (tertiary/aromatic N) is 2. The molecule has 1 aromatic heterocycles. The van der Waals surface area contributed by atoms with Gasteiger partial charge in [0.1, 0.15) is 0 Å². The second-order valence-corrected chi connectivity index (χ2v) is 5.38. The Labute approximate surface area is 126 Å². The van der Waals surface area contributed by atoms with Crippen molar-refractivity contribution in [1.82, 2.24) is 9.13 Å². The number of ketones is 1. The molecule has 1 heterocycles. The number of aryl methyl sites for hydroxylation is 1. The quantitative estimate of drug-likeness (QED) is 0.812. The van der Waals surface area contributed by atoms with Crippen LogP contribution in [0.25, 0.3) is 0 Å². The molecule has 0 atom stereocenters. The van der Waals surface area contributed by atoms with Gasteiger partial charge >= 0.3 is 5.69 Å². The van der Waals surface area contributed by atoms with Crippen LogP contribution in [0.2, 0.25) is 5.02 Å². The Bertz CT molecular complexity index is 834. The summed E-state index contributed by atoms with van der Waals surface area (Å²) in [5, 5.41) is 0.542. The summed E-state index contributed by atoms with van der Waals surface area (Å²) in [4.78, 5) is 35.5. The van der Waals surface area contributed by atoms with Crippen molar-refractivity contribution >= 4 is 17.4 Å². The van der Waals surface area contributed by atoms with Crippen molar-refractivity contribution in [3.63, 3.8) is 0 Å². The van der Waals surface area contributed by atoms with E-state index < -0.39 is 11.2 Å². The van der Waals surface area contributed by atoms with Crippen LogP contribution in [0.15, 0.2) is 34.0 Å². The third kappa shape index (κ3) is 2.97. The molecule has 21 heavy (non-hydrogen) atoms. The van der Waals surface area contributed by atoms with Gasteiger partial charge in [0, 0.05) is 18.3 Å². The van der Waals surface area contributed by atoms with E-state index in [4.69, 9.17) is 11.6 Å². The maximum absolute atomic E-state index is 12.1. The molecule has 0 radical (unpaired) electrons. The van der Waals surface area contributed by atoms with E-state index in [0.29, 0.717) is 5.02 Å². The van der Waals surface area contributed by atoms with Crippen LogP contribution in [0, 0.1) is 6.92 Å². The first-order chi connectivity index (χ1) is 9.81. The van der Waals surface area contributed by atoms with Gasteiger partial charge in [-0.25, -0.2) is 4.79 Å². The van der Waals surface area contributed by atoms with Crippen LogP contribution in [-0.4, -0.2) is 14.9 Å². The van der Waals surface area contributed by atoms with Crippen LogP contribution in [0.5, 0.6) is 0 Å². The van der Waals surface area contributed by atoms with Crippen molar-refractivity contribution in [2.45, 2.75) is 20.4 Å². The van der Waals surface area contributed by atoms with Gasteiger partial charge in [0.05, 0.1) is 12.1 Å². The van der Waals surface area contributed by atoms with Gasteiger partial charge < -0.3 is 0 Å². The number of carbonyl (C=O) groups excluding carboxylic acids is 1. The van der Waals surface area contributed by atoms with Gasteiger partial charge in [-0.2, -0.15) is 0 Å². The summed E-state index contributed by atoms with van der Waals surface area (Å²) in [5.41, 5.74) is 0.680. The average Bonchev–Trinajstić information content (AvgIpc) is 2.41. The van der Waals surface area contributed by atoms with Crippen molar-refractivity contribution in [2.75, 3.05) is 0 Å². The van der Waals surface area contributed by atoms with Crippen LogP contribution in [0.4, 0.5) is 0 Å². The monoisotopic (exact) mass is 306 g/mol. The summed E-state index contributed by atoms with van der Waals surface area (Å²) >= 11 is 6.15. The summed E-state index contributed by atoms with van der Waals surface area (Å²) in [6, 6.07) is 5.51. The summed E-state index contributed by atoms with van der Waals surface area (Å²) in [7, 11) is 1.35. The highest BCUT2D eigenvalue weighted by Gasteiger charge is 2.13. The highest BCUT2D eigenvalue weighted by atomic mass is 35.5. The minimum absolute atomic E-state index is 0.0136. The van der Waals surface area contributed by atoms with Crippen LogP contribution in [-0.2, 0) is 13.6 Å². The average molecular weight is 307 g/mol. The molecule has 0 spiro atoms. The van der Waals surface area contributed by atoms with Crippen molar-refractivity contribution in [3.05, 3.63) is 66.9 Å². The number of Topliss-reactive ketones (excluding diaryl/α,β-unsaturated/α-hetero) is 1. The first-order valence-corrected chi connectivity index (χ1v) is 6.75. The van der Waals surface area contributed by atoms with Crippen molar-refractivity contribution in [3.8, 4) is 0 Å². The zero-order chi connectivity index (χ0) is 15.7. The van der Waals surface area contributed by atoms with Gasteiger partial charge in [-0.1, -0.05) is 23.7 Å². The number of hydrogen-bond acceptors (Lipinski definition) is 3. The molecule has 6 heteroatoms. The number of carbonyl (C=O) groups is 1. The maximum Gasteiger partial charge on any atom is 0.331 e. The van der Waals surface area contributed by atoms with E-state index in [-0.39, 0.29) is 17.9 Å². The molecular weight excluding hydrogens is 292 g/mol. The Morgan fingerprint density at radius 3 is 2.52 bits per heavy atom. The minimum Gasteiger partial charge on any atom is -0.295 e. The molecule has 2 aromatic rings. The van der Waals surface area contributed by atoms with Crippen LogP contribution >= 0.6 is 11.6 Å². The number of hydrogen-bond donors (Lipinski definition) is 0. The van der Waals surface area contributed by atoms with E-state index in [1.807, 2.05) is 19.1 Å². The summed E-state index contributed by atoms with van der Waals surface area (Å²) in [6.45, 7) is 3.42. The highest BCUT2D eigenvalue weighted by molar-refractivity contribution is 6.31. The van der Waals surface area contributed by atoms with Gasteiger partial charge in [-0.15, -0.1) is 0 Å². The molecule has 5 nitrogen and oxygen atoms in total. The number of aromatic nitrogens is 2. The van der Waals surface area contributed by atoms with Gasteiger partial charge in [-0.3, -0.25) is 18.7 Å². The zero-order valence-corrected chi connectivity index (χ0v) is 12.8. The molecule has 0 unspecified atom stereocenters. The third-order valence-corrected chi connectivity index (χ3v) is 3.63. The fourth-order valence-electron chi connectivity index (χ4n) is 2.05. The van der Waals surface area contributed by atoms with Gasteiger partial charge in [0.15, 0.2) is 5.78 Å². The molecule has 110 valence electrons. The SMILES string of the molecule is CC(=O)c1cn(Cc2ccc(C)cc2Cl)c(=O)n(C)c1=O. The number of halogens is 1. The molecule has 0 bridgehead atoms. The van der Waals surface area contributed by atoms with E-state index in [1.54, 1.807) is 6.07 Å². The normalized spacial score (nSPS) is 10.7. The fraction of sp³-hybridized carbons (Fsp3) is 0.267. The van der Waals surface area contributed by atoms with Crippen LogP contribution in [0.3, 0.4) is 0 Å². The van der Waals surface area contributed by atoms with E-state index in [1.165, 1.54) is 24.7 Å². The predicted molar refractivity (Wildman–Crippen MR) is 81.2 cm³/mol. The smallest absolute Gasteiger partial charge is 0.295 e. The number of rotatable bonds is 3. The maximum atomic E-state index is 12.1. The highest BCUT2D eigenvalue weighted by Crippen LogP contribution is 2.18. The molecule has 1 aromatic carbocycles. The Hall–Kier alpha value is -2.14. The lowest BCUT2D eigenvalue weighted by atomic mass is 10.1. The van der Waals surface area contributed by atoms with E-state index >= 15 is 0 Å². The molecule has 0 aliphatic carbocycles. The molecule has 0 saturated heterocycles. The van der Waals surface area contributed by atoms with Gasteiger partial charge in [-0.05, 0) is 31.0 Å². The van der Waals surface area contributed by atoms with Crippen LogP contribution < -0.4 is 11.2 Å². The molecule has 0 saturated carbocycles. The summed E-state index contributed by atoms with van der Waals surface area (Å²) in [6.07, 6.45) is 1.29. The Morgan fingerprint density at radius 2 is 1.95 bits per heavy atom. The lowest BCUT2D eigenvalue weighted by Crippen LogP contribution is -2.40. The molecule has 0 fully saturated rings. The molecule has 0 amide bonds. The first-order valence-electron chi connectivity index (χ1n) is 6.37. The lowest BCUT2D eigenvalue weighted by Gasteiger charge is -2.11. The second-order valence-electron chi connectivity index (χ2n) is 4.97. The first kappa shape index (κ1) is 15.3. The molecule has 2 rings (SSSR count). The lowest BCUT2D eigenvalue weighted by molar-refractivity contribution is 0.101. The number of benzene rings is 1. The van der Waals surface area contributed by atoms with Crippen molar-refractivity contribution in [1.29, 1.82) is 0 Å². The Balaban J connectivity index is 2.57. The molecular formula is C15H15ClN2O3. The predicted octanol–water partition coefficient (Wildman–Crippen LogP) is 1.76. The third-order valence-electron chi connectivity index (χ3n) is 3.28. The van der Waals surface area contributed by atoms with Crippen molar-refractivity contribution < 1.29 is 4.79 Å². The zero-order valence-electron chi connectivity index (χ0n) is 12.0. The molecule has 0 aliphatic heterocycles. The second kappa shape index (κ2) is 5.69. The van der Waals surface area contributed by atoms with E-state index in [0.717, 1.165) is 15.7 Å². The summed E-state index contributed by atoms with van der Waals surface area (Å²) in [5.74, 6) is -0.376. The standard InChI is InChI=1S/C15H15ClN2O3/c1-9-4-5-11(13(16)6-9)7-18-8-12(10(2)19)14(20)17(3)15(18)21/h4-6,8H,7H2,1-3H3. The largest absolute Gasteiger partial charge is 0.331 e.